The molecule has 2 bridgehead atoms. The number of rotatable bonds is 6. The average Bonchev–Trinajstić information content (AvgIpc) is 2.92. The maximum Gasteiger partial charge on any atom is 0.338 e. The van der Waals surface area contributed by atoms with Crippen LogP contribution in [-0.4, -0.2) is 55.2 Å². The van der Waals surface area contributed by atoms with Crippen molar-refractivity contribution in [3.63, 3.8) is 0 Å². The highest BCUT2D eigenvalue weighted by Gasteiger charge is 2.33. The SMILES string of the molecule is CC(=O)NCc1ccc(C(=O)OCCN2C[C@H]3CC[C@@H](C2)O3)cc1. The third-order valence-corrected chi connectivity index (χ3v) is 4.49. The van der Waals surface area contributed by atoms with Crippen molar-refractivity contribution in [2.75, 3.05) is 26.2 Å². The number of esters is 1. The van der Waals surface area contributed by atoms with Crippen LogP contribution in [-0.2, 0) is 20.8 Å². The van der Waals surface area contributed by atoms with Gasteiger partial charge in [-0.05, 0) is 30.5 Å². The number of benzene rings is 1. The van der Waals surface area contributed by atoms with Crippen molar-refractivity contribution >= 4 is 11.9 Å². The molecule has 1 aromatic rings. The minimum atomic E-state index is -0.308. The summed E-state index contributed by atoms with van der Waals surface area (Å²) in [6.45, 7) is 4.96. The first-order chi connectivity index (χ1) is 11.6. The molecule has 0 aromatic heterocycles. The second-order valence-corrected chi connectivity index (χ2v) is 6.46. The van der Waals surface area contributed by atoms with E-state index in [-0.39, 0.29) is 11.9 Å². The highest BCUT2D eigenvalue weighted by Crippen LogP contribution is 2.25. The molecule has 2 saturated heterocycles. The Labute approximate surface area is 142 Å². The third kappa shape index (κ3) is 4.55. The molecule has 0 spiro atoms. The molecule has 24 heavy (non-hydrogen) atoms. The average molecular weight is 332 g/mol. The van der Waals surface area contributed by atoms with Gasteiger partial charge in [0.15, 0.2) is 0 Å². The number of hydrogen-bond donors (Lipinski definition) is 1. The molecule has 1 amide bonds. The molecule has 1 aromatic carbocycles. The summed E-state index contributed by atoms with van der Waals surface area (Å²) in [5.74, 6) is -0.382. The van der Waals surface area contributed by atoms with E-state index in [4.69, 9.17) is 9.47 Å². The molecule has 0 aliphatic carbocycles. The summed E-state index contributed by atoms with van der Waals surface area (Å²) in [6, 6.07) is 7.11. The number of morpholine rings is 1. The lowest BCUT2D eigenvalue weighted by Gasteiger charge is -2.31. The van der Waals surface area contributed by atoms with E-state index in [1.54, 1.807) is 12.1 Å². The largest absolute Gasteiger partial charge is 0.461 e. The first kappa shape index (κ1) is 16.9. The number of ether oxygens (including phenoxy) is 2. The number of hydrogen-bond acceptors (Lipinski definition) is 5. The van der Waals surface area contributed by atoms with Gasteiger partial charge in [-0.3, -0.25) is 9.69 Å². The smallest absolute Gasteiger partial charge is 0.338 e. The summed E-state index contributed by atoms with van der Waals surface area (Å²) < 4.78 is 11.2. The number of carbonyl (C=O) groups is 2. The fraction of sp³-hybridized carbons (Fsp3) is 0.556. The maximum absolute atomic E-state index is 12.1. The predicted molar refractivity (Wildman–Crippen MR) is 88.6 cm³/mol. The first-order valence-electron chi connectivity index (χ1n) is 8.48. The zero-order valence-electron chi connectivity index (χ0n) is 14.0. The molecule has 130 valence electrons. The van der Waals surface area contributed by atoms with Crippen LogP contribution < -0.4 is 5.32 Å². The Kier molecular flexibility index (Phi) is 5.48. The highest BCUT2D eigenvalue weighted by molar-refractivity contribution is 5.89. The van der Waals surface area contributed by atoms with Gasteiger partial charge in [-0.25, -0.2) is 4.79 Å². The van der Waals surface area contributed by atoms with E-state index in [1.807, 2.05) is 12.1 Å². The van der Waals surface area contributed by atoms with Gasteiger partial charge in [-0.15, -0.1) is 0 Å². The number of fused-ring (bicyclic) bond motifs is 2. The third-order valence-electron chi connectivity index (χ3n) is 4.49. The van der Waals surface area contributed by atoms with Crippen molar-refractivity contribution in [3.8, 4) is 0 Å². The van der Waals surface area contributed by atoms with Crippen molar-refractivity contribution in [1.82, 2.24) is 10.2 Å². The molecule has 6 nitrogen and oxygen atoms in total. The van der Waals surface area contributed by atoms with Gasteiger partial charge in [0.2, 0.25) is 5.91 Å². The standard InChI is InChI=1S/C18H24N2O4/c1-13(21)19-10-14-2-4-15(5-3-14)18(22)23-9-8-20-11-16-6-7-17(12-20)24-16/h2-5,16-17H,6-12H2,1H3,(H,19,21)/t16-,17+. The van der Waals surface area contributed by atoms with Gasteiger partial charge in [0.25, 0.3) is 0 Å². The Balaban J connectivity index is 1.41. The molecule has 0 unspecified atom stereocenters. The van der Waals surface area contributed by atoms with Crippen molar-refractivity contribution in [3.05, 3.63) is 35.4 Å². The molecule has 2 aliphatic heterocycles. The van der Waals surface area contributed by atoms with Gasteiger partial charge in [-0.1, -0.05) is 12.1 Å². The Morgan fingerprint density at radius 1 is 1.21 bits per heavy atom. The van der Waals surface area contributed by atoms with Crippen molar-refractivity contribution in [2.24, 2.45) is 0 Å². The molecular weight excluding hydrogens is 308 g/mol. The Morgan fingerprint density at radius 2 is 1.88 bits per heavy atom. The van der Waals surface area contributed by atoms with Crippen molar-refractivity contribution in [2.45, 2.75) is 38.5 Å². The van der Waals surface area contributed by atoms with E-state index >= 15 is 0 Å². The van der Waals surface area contributed by atoms with E-state index in [0.717, 1.165) is 38.0 Å². The molecule has 6 heteroatoms. The summed E-state index contributed by atoms with van der Waals surface area (Å²) in [6.07, 6.45) is 3.00. The van der Waals surface area contributed by atoms with Crippen LogP contribution in [0.1, 0.15) is 35.7 Å². The zero-order valence-corrected chi connectivity index (χ0v) is 14.0. The lowest BCUT2D eigenvalue weighted by molar-refractivity contribution is -0.119. The molecule has 2 fully saturated rings. The Hall–Kier alpha value is -1.92. The number of nitrogens with one attached hydrogen (secondary N) is 1. The van der Waals surface area contributed by atoms with Crippen molar-refractivity contribution < 1.29 is 19.1 Å². The maximum atomic E-state index is 12.1. The normalized spacial score (nSPS) is 23.0. The van der Waals surface area contributed by atoms with E-state index in [2.05, 4.69) is 10.2 Å². The number of nitrogens with zero attached hydrogens (tertiary/aromatic N) is 1. The van der Waals surface area contributed by atoms with Crippen LogP contribution in [0, 0.1) is 0 Å². The minimum Gasteiger partial charge on any atom is -0.461 e. The summed E-state index contributed by atoms with van der Waals surface area (Å²) in [4.78, 5) is 25.3. The predicted octanol–water partition coefficient (Wildman–Crippen LogP) is 1.34. The van der Waals surface area contributed by atoms with Crippen LogP contribution in [0.4, 0.5) is 0 Å². The lowest BCUT2D eigenvalue weighted by Crippen LogP contribution is -2.44. The second kappa shape index (κ2) is 7.77. The van der Waals surface area contributed by atoms with E-state index in [1.165, 1.54) is 6.92 Å². The van der Waals surface area contributed by atoms with Crippen LogP contribution in [0.5, 0.6) is 0 Å². The molecule has 0 radical (unpaired) electrons. The van der Waals surface area contributed by atoms with Gasteiger partial charge in [0.05, 0.1) is 17.8 Å². The minimum absolute atomic E-state index is 0.0740. The highest BCUT2D eigenvalue weighted by atomic mass is 16.5. The number of likely N-dealkylation sites (tertiary alicyclic amines) is 1. The monoisotopic (exact) mass is 332 g/mol. The van der Waals surface area contributed by atoms with E-state index in [0.29, 0.717) is 30.9 Å². The molecule has 2 atom stereocenters. The van der Waals surface area contributed by atoms with Crippen molar-refractivity contribution in [1.29, 1.82) is 0 Å². The van der Waals surface area contributed by atoms with Crippen LogP contribution in [0.2, 0.25) is 0 Å². The van der Waals surface area contributed by atoms with Crippen LogP contribution in [0.25, 0.3) is 0 Å². The second-order valence-electron chi connectivity index (χ2n) is 6.46. The van der Waals surface area contributed by atoms with Crippen LogP contribution in [0.15, 0.2) is 24.3 Å². The molecule has 0 saturated carbocycles. The van der Waals surface area contributed by atoms with Gasteiger partial charge < -0.3 is 14.8 Å². The Bertz CT molecular complexity index is 575. The topological polar surface area (TPSA) is 67.9 Å². The Morgan fingerprint density at radius 3 is 2.50 bits per heavy atom. The summed E-state index contributed by atoms with van der Waals surface area (Å²) in [5, 5.41) is 2.72. The summed E-state index contributed by atoms with van der Waals surface area (Å²) in [7, 11) is 0. The molecule has 2 aliphatic rings. The van der Waals surface area contributed by atoms with Gasteiger partial charge in [0.1, 0.15) is 6.61 Å². The number of amides is 1. The quantitative estimate of drug-likeness (QED) is 0.796. The first-order valence-corrected chi connectivity index (χ1v) is 8.48. The van der Waals surface area contributed by atoms with E-state index in [9.17, 15) is 9.59 Å². The van der Waals surface area contributed by atoms with Crippen LogP contribution in [0.3, 0.4) is 0 Å². The number of carbonyl (C=O) groups excluding carboxylic acids is 2. The molecule has 1 N–H and O–H groups in total. The lowest BCUT2D eigenvalue weighted by atomic mass is 10.1. The zero-order chi connectivity index (χ0) is 16.9. The van der Waals surface area contributed by atoms with Gasteiger partial charge >= 0.3 is 5.97 Å². The van der Waals surface area contributed by atoms with E-state index < -0.39 is 0 Å². The summed E-state index contributed by atoms with van der Waals surface area (Å²) >= 11 is 0. The molecule has 2 heterocycles. The fourth-order valence-electron chi connectivity index (χ4n) is 3.22. The van der Waals surface area contributed by atoms with Gasteiger partial charge in [0, 0.05) is 33.1 Å². The molecular formula is C18H24N2O4. The molecule has 3 rings (SSSR count). The van der Waals surface area contributed by atoms with Gasteiger partial charge in [-0.2, -0.15) is 0 Å². The van der Waals surface area contributed by atoms with Crippen LogP contribution >= 0.6 is 0 Å². The summed E-state index contributed by atoms with van der Waals surface area (Å²) in [5.41, 5.74) is 1.48. The fourth-order valence-corrected chi connectivity index (χ4v) is 3.22.